The molecule has 32 heavy (non-hydrogen) atoms. The standard InChI is InChI=1S/C23H27N3O6/c1-15-6-5-7-17(10-15)26-22(28)20(25(23(26)29)8-9-30-2)14-21(27)24-16-11-18(31-3)13-19(12-16)32-4/h5-7,10-13,20H,8-9,14H2,1-4H3,(H,24,27)/t20-/m1/s1. The first-order valence-electron chi connectivity index (χ1n) is 10.1. The van der Waals surface area contributed by atoms with Crippen LogP contribution in [0.1, 0.15) is 12.0 Å². The normalized spacial score (nSPS) is 15.8. The van der Waals surface area contributed by atoms with Gasteiger partial charge >= 0.3 is 6.03 Å². The van der Waals surface area contributed by atoms with Crippen molar-refractivity contribution in [3.8, 4) is 11.5 Å². The minimum Gasteiger partial charge on any atom is -0.497 e. The molecule has 0 unspecified atom stereocenters. The molecule has 9 heteroatoms. The lowest BCUT2D eigenvalue weighted by molar-refractivity contribution is -0.124. The van der Waals surface area contributed by atoms with Crippen LogP contribution in [0.3, 0.4) is 0 Å². The predicted octanol–water partition coefficient (Wildman–Crippen LogP) is 2.82. The number of hydrogen-bond acceptors (Lipinski definition) is 6. The van der Waals surface area contributed by atoms with E-state index in [-0.39, 0.29) is 19.6 Å². The summed E-state index contributed by atoms with van der Waals surface area (Å²) < 4.78 is 15.5. The Morgan fingerprint density at radius 3 is 2.31 bits per heavy atom. The Bertz CT molecular complexity index is 987. The van der Waals surface area contributed by atoms with Gasteiger partial charge in [-0.1, -0.05) is 12.1 Å². The number of methoxy groups -OCH3 is 3. The summed E-state index contributed by atoms with van der Waals surface area (Å²) in [5.41, 5.74) is 1.85. The highest BCUT2D eigenvalue weighted by atomic mass is 16.5. The zero-order chi connectivity index (χ0) is 23.3. The van der Waals surface area contributed by atoms with E-state index in [9.17, 15) is 14.4 Å². The fraction of sp³-hybridized carbons (Fsp3) is 0.348. The van der Waals surface area contributed by atoms with E-state index in [1.807, 2.05) is 13.0 Å². The molecule has 4 amide bonds. The fourth-order valence-corrected chi connectivity index (χ4v) is 3.55. The molecular formula is C23H27N3O6. The number of nitrogens with zero attached hydrogens (tertiary/aromatic N) is 2. The average molecular weight is 441 g/mol. The number of nitrogens with one attached hydrogen (secondary N) is 1. The summed E-state index contributed by atoms with van der Waals surface area (Å²) in [5, 5.41) is 2.76. The van der Waals surface area contributed by atoms with Crippen LogP contribution in [-0.2, 0) is 14.3 Å². The highest BCUT2D eigenvalue weighted by Gasteiger charge is 2.46. The lowest BCUT2D eigenvalue weighted by Gasteiger charge is -2.21. The molecule has 0 aliphatic carbocycles. The Labute approximate surface area is 186 Å². The number of hydrogen-bond donors (Lipinski definition) is 1. The second kappa shape index (κ2) is 10.1. The van der Waals surface area contributed by atoms with Crippen molar-refractivity contribution in [1.82, 2.24) is 4.90 Å². The third-order valence-electron chi connectivity index (χ3n) is 5.13. The van der Waals surface area contributed by atoms with Gasteiger partial charge in [0.1, 0.15) is 17.5 Å². The Morgan fingerprint density at radius 1 is 1.03 bits per heavy atom. The van der Waals surface area contributed by atoms with Crippen LogP contribution in [0.2, 0.25) is 0 Å². The summed E-state index contributed by atoms with van der Waals surface area (Å²) in [6.07, 6.45) is -0.198. The van der Waals surface area contributed by atoms with Crippen molar-refractivity contribution in [3.63, 3.8) is 0 Å². The zero-order valence-electron chi connectivity index (χ0n) is 18.6. The molecule has 2 aromatic carbocycles. The largest absolute Gasteiger partial charge is 0.497 e. The second-order valence-electron chi connectivity index (χ2n) is 7.35. The van der Waals surface area contributed by atoms with Gasteiger partial charge in [0, 0.05) is 37.5 Å². The summed E-state index contributed by atoms with van der Waals surface area (Å²) in [7, 11) is 4.53. The van der Waals surface area contributed by atoms with Gasteiger partial charge in [0.15, 0.2) is 0 Å². The molecule has 1 aliphatic rings. The summed E-state index contributed by atoms with van der Waals surface area (Å²) in [4.78, 5) is 41.6. The monoisotopic (exact) mass is 441 g/mol. The van der Waals surface area contributed by atoms with Crippen LogP contribution < -0.4 is 19.7 Å². The van der Waals surface area contributed by atoms with Crippen LogP contribution in [-0.4, -0.2) is 63.3 Å². The van der Waals surface area contributed by atoms with Gasteiger partial charge in [-0.05, 0) is 24.6 Å². The maximum absolute atomic E-state index is 13.2. The smallest absolute Gasteiger partial charge is 0.332 e. The summed E-state index contributed by atoms with van der Waals surface area (Å²) in [5.74, 6) is 0.160. The van der Waals surface area contributed by atoms with Crippen molar-refractivity contribution in [2.75, 3.05) is 44.7 Å². The van der Waals surface area contributed by atoms with Crippen LogP contribution in [0.4, 0.5) is 16.2 Å². The summed E-state index contributed by atoms with van der Waals surface area (Å²) >= 11 is 0. The van der Waals surface area contributed by atoms with Gasteiger partial charge in [-0.15, -0.1) is 0 Å². The van der Waals surface area contributed by atoms with E-state index < -0.39 is 23.9 Å². The molecule has 1 N–H and O–H groups in total. The Morgan fingerprint density at radius 2 is 1.72 bits per heavy atom. The van der Waals surface area contributed by atoms with E-state index in [2.05, 4.69) is 5.32 Å². The van der Waals surface area contributed by atoms with Gasteiger partial charge in [0.05, 0.1) is 32.9 Å². The number of aryl methyl sites for hydroxylation is 1. The number of carbonyl (C=O) groups is 3. The first kappa shape index (κ1) is 23.1. The molecule has 1 aliphatic heterocycles. The molecule has 1 fully saturated rings. The first-order chi connectivity index (χ1) is 15.4. The number of amides is 4. The number of benzene rings is 2. The van der Waals surface area contributed by atoms with Gasteiger partial charge in [-0.25, -0.2) is 9.69 Å². The number of ether oxygens (including phenoxy) is 3. The Kier molecular flexibility index (Phi) is 7.32. The number of urea groups is 1. The van der Waals surface area contributed by atoms with E-state index in [0.29, 0.717) is 22.9 Å². The van der Waals surface area contributed by atoms with E-state index >= 15 is 0 Å². The van der Waals surface area contributed by atoms with Gasteiger partial charge in [-0.3, -0.25) is 9.59 Å². The molecule has 3 rings (SSSR count). The predicted molar refractivity (Wildman–Crippen MR) is 119 cm³/mol. The molecule has 9 nitrogen and oxygen atoms in total. The maximum atomic E-state index is 13.2. The molecule has 1 saturated heterocycles. The summed E-state index contributed by atoms with van der Waals surface area (Å²) in [6, 6.07) is 10.7. The van der Waals surface area contributed by atoms with E-state index in [0.717, 1.165) is 10.5 Å². The maximum Gasteiger partial charge on any atom is 0.332 e. The minimum atomic E-state index is -0.939. The highest BCUT2D eigenvalue weighted by molar-refractivity contribution is 6.22. The van der Waals surface area contributed by atoms with Crippen LogP contribution in [0.25, 0.3) is 0 Å². The van der Waals surface area contributed by atoms with Crippen LogP contribution >= 0.6 is 0 Å². The van der Waals surface area contributed by atoms with Gasteiger partial charge in [0.25, 0.3) is 5.91 Å². The van der Waals surface area contributed by atoms with Gasteiger partial charge in [-0.2, -0.15) is 0 Å². The summed E-state index contributed by atoms with van der Waals surface area (Å²) in [6.45, 7) is 2.31. The Hall–Kier alpha value is -3.59. The average Bonchev–Trinajstić information content (AvgIpc) is 3.00. The van der Waals surface area contributed by atoms with Crippen LogP contribution in [0.5, 0.6) is 11.5 Å². The Balaban J connectivity index is 1.82. The molecule has 1 atom stereocenters. The lowest BCUT2D eigenvalue weighted by atomic mass is 10.1. The molecule has 1 heterocycles. The van der Waals surface area contributed by atoms with Crippen molar-refractivity contribution in [2.45, 2.75) is 19.4 Å². The number of imide groups is 1. The molecule has 0 aromatic heterocycles. The molecular weight excluding hydrogens is 414 g/mol. The van der Waals surface area contributed by atoms with E-state index in [1.54, 1.807) is 36.4 Å². The van der Waals surface area contributed by atoms with Gasteiger partial charge < -0.3 is 24.4 Å². The van der Waals surface area contributed by atoms with Crippen molar-refractivity contribution in [2.24, 2.45) is 0 Å². The quantitative estimate of drug-likeness (QED) is 0.601. The molecule has 0 spiro atoms. The molecule has 0 radical (unpaired) electrons. The second-order valence-corrected chi connectivity index (χ2v) is 7.35. The van der Waals surface area contributed by atoms with Crippen molar-refractivity contribution >= 4 is 29.2 Å². The van der Waals surface area contributed by atoms with Crippen molar-refractivity contribution < 1.29 is 28.6 Å². The van der Waals surface area contributed by atoms with Gasteiger partial charge in [0.2, 0.25) is 5.91 Å². The van der Waals surface area contributed by atoms with Crippen molar-refractivity contribution in [3.05, 3.63) is 48.0 Å². The van der Waals surface area contributed by atoms with E-state index in [4.69, 9.17) is 14.2 Å². The molecule has 2 aromatic rings. The van der Waals surface area contributed by atoms with Crippen LogP contribution in [0.15, 0.2) is 42.5 Å². The van der Waals surface area contributed by atoms with Crippen LogP contribution in [0, 0.1) is 6.92 Å². The minimum absolute atomic E-state index is 0.189. The zero-order valence-corrected chi connectivity index (χ0v) is 18.6. The third-order valence-corrected chi connectivity index (χ3v) is 5.13. The fourth-order valence-electron chi connectivity index (χ4n) is 3.55. The SMILES string of the molecule is COCCN1C(=O)N(c2cccc(C)c2)C(=O)[C@H]1CC(=O)Nc1cc(OC)cc(OC)c1. The molecule has 0 bridgehead atoms. The number of rotatable bonds is 9. The number of carbonyl (C=O) groups excluding carboxylic acids is 3. The third kappa shape index (κ3) is 5.00. The van der Waals surface area contributed by atoms with Crippen molar-refractivity contribution in [1.29, 1.82) is 0 Å². The molecule has 0 saturated carbocycles. The lowest BCUT2D eigenvalue weighted by Crippen LogP contribution is -2.39. The molecule has 170 valence electrons. The highest BCUT2D eigenvalue weighted by Crippen LogP contribution is 2.29. The first-order valence-corrected chi connectivity index (χ1v) is 10.1. The van der Waals surface area contributed by atoms with E-state index in [1.165, 1.54) is 26.2 Å². The topological polar surface area (TPSA) is 97.4 Å². The number of anilines is 2.